The van der Waals surface area contributed by atoms with Crippen molar-refractivity contribution in [3.63, 3.8) is 0 Å². The zero-order valence-electron chi connectivity index (χ0n) is 10.7. The minimum Gasteiger partial charge on any atom is -0.396 e. The molecule has 1 atom stereocenters. The lowest BCUT2D eigenvalue weighted by molar-refractivity contribution is -0.122. The Hall–Kier alpha value is -1.36. The fraction of sp³-hybridized carbons (Fsp3) is 0.667. The smallest absolute Gasteiger partial charge is 0.241 e. The van der Waals surface area contributed by atoms with E-state index in [0.29, 0.717) is 18.9 Å². The van der Waals surface area contributed by atoms with Gasteiger partial charge in [-0.1, -0.05) is 6.92 Å². The first-order valence-electron chi connectivity index (χ1n) is 5.91. The topological polar surface area (TPSA) is 67.2 Å². The molecule has 0 spiro atoms. The summed E-state index contributed by atoms with van der Waals surface area (Å²) in [6.07, 6.45) is 0.709. The highest BCUT2D eigenvalue weighted by molar-refractivity contribution is 5.75. The van der Waals surface area contributed by atoms with Gasteiger partial charge in [0.1, 0.15) is 6.54 Å². The molecule has 2 N–H and O–H groups in total. The number of amides is 1. The minimum absolute atomic E-state index is 0.0408. The SMILES string of the molecule is Cc1cc(C)n(CC(=O)NCC(C)CCO)n1. The van der Waals surface area contributed by atoms with Crippen molar-refractivity contribution in [1.29, 1.82) is 0 Å². The zero-order chi connectivity index (χ0) is 12.8. The first-order chi connectivity index (χ1) is 8.02. The molecule has 1 rings (SSSR count). The van der Waals surface area contributed by atoms with E-state index in [4.69, 9.17) is 5.11 Å². The zero-order valence-corrected chi connectivity index (χ0v) is 10.7. The van der Waals surface area contributed by atoms with Gasteiger partial charge in [0.15, 0.2) is 0 Å². The third kappa shape index (κ3) is 4.56. The van der Waals surface area contributed by atoms with Crippen LogP contribution in [0.25, 0.3) is 0 Å². The molecule has 0 aromatic carbocycles. The van der Waals surface area contributed by atoms with Crippen LogP contribution in [0.3, 0.4) is 0 Å². The molecule has 5 heteroatoms. The maximum absolute atomic E-state index is 11.6. The molecular weight excluding hydrogens is 218 g/mol. The van der Waals surface area contributed by atoms with E-state index < -0.39 is 0 Å². The quantitative estimate of drug-likeness (QED) is 0.765. The molecule has 96 valence electrons. The van der Waals surface area contributed by atoms with Crippen LogP contribution >= 0.6 is 0 Å². The number of carbonyl (C=O) groups is 1. The molecule has 0 aliphatic carbocycles. The molecule has 17 heavy (non-hydrogen) atoms. The van der Waals surface area contributed by atoms with E-state index >= 15 is 0 Å². The summed E-state index contributed by atoms with van der Waals surface area (Å²) in [7, 11) is 0. The number of aliphatic hydroxyl groups excluding tert-OH is 1. The van der Waals surface area contributed by atoms with Crippen LogP contribution in [-0.2, 0) is 11.3 Å². The van der Waals surface area contributed by atoms with Crippen LogP contribution in [0.4, 0.5) is 0 Å². The lowest BCUT2D eigenvalue weighted by Crippen LogP contribution is -2.32. The predicted octanol–water partition coefficient (Wildman–Crippen LogP) is 0.635. The van der Waals surface area contributed by atoms with Gasteiger partial charge in [0, 0.05) is 18.8 Å². The molecule has 0 bridgehead atoms. The number of aliphatic hydroxyl groups is 1. The van der Waals surface area contributed by atoms with Crippen LogP contribution in [0.2, 0.25) is 0 Å². The Balaban J connectivity index is 2.37. The summed E-state index contributed by atoms with van der Waals surface area (Å²) < 4.78 is 1.70. The van der Waals surface area contributed by atoms with E-state index in [1.807, 2.05) is 26.8 Å². The van der Waals surface area contributed by atoms with Crippen LogP contribution in [-0.4, -0.2) is 33.9 Å². The Morgan fingerprint density at radius 1 is 1.59 bits per heavy atom. The van der Waals surface area contributed by atoms with Crippen LogP contribution in [0.5, 0.6) is 0 Å². The Kier molecular flexibility index (Phi) is 5.15. The molecular formula is C12H21N3O2. The third-order valence-electron chi connectivity index (χ3n) is 2.67. The van der Waals surface area contributed by atoms with Crippen LogP contribution in [0, 0.1) is 19.8 Å². The number of nitrogens with one attached hydrogen (secondary N) is 1. The lowest BCUT2D eigenvalue weighted by atomic mass is 10.1. The van der Waals surface area contributed by atoms with Crippen molar-refractivity contribution in [2.75, 3.05) is 13.2 Å². The number of aryl methyl sites for hydroxylation is 2. The van der Waals surface area contributed by atoms with Gasteiger partial charge in [-0.2, -0.15) is 5.10 Å². The van der Waals surface area contributed by atoms with Crippen LogP contribution in [0.15, 0.2) is 6.07 Å². The largest absolute Gasteiger partial charge is 0.396 e. The molecule has 0 fully saturated rings. The van der Waals surface area contributed by atoms with Gasteiger partial charge in [-0.05, 0) is 32.3 Å². The highest BCUT2D eigenvalue weighted by Gasteiger charge is 2.08. The van der Waals surface area contributed by atoms with Gasteiger partial charge in [-0.15, -0.1) is 0 Å². The molecule has 1 unspecified atom stereocenters. The molecule has 0 saturated heterocycles. The summed E-state index contributed by atoms with van der Waals surface area (Å²) in [6, 6.07) is 1.95. The monoisotopic (exact) mass is 239 g/mol. The van der Waals surface area contributed by atoms with Crippen molar-refractivity contribution in [2.24, 2.45) is 5.92 Å². The van der Waals surface area contributed by atoms with E-state index in [0.717, 1.165) is 11.4 Å². The molecule has 0 aliphatic rings. The van der Waals surface area contributed by atoms with Crippen molar-refractivity contribution in [2.45, 2.75) is 33.7 Å². The highest BCUT2D eigenvalue weighted by Crippen LogP contribution is 2.02. The van der Waals surface area contributed by atoms with Gasteiger partial charge in [-0.3, -0.25) is 9.48 Å². The van der Waals surface area contributed by atoms with Gasteiger partial charge in [-0.25, -0.2) is 0 Å². The van der Waals surface area contributed by atoms with Crippen molar-refractivity contribution in [3.05, 3.63) is 17.5 Å². The Morgan fingerprint density at radius 2 is 2.29 bits per heavy atom. The third-order valence-corrected chi connectivity index (χ3v) is 2.67. The van der Waals surface area contributed by atoms with E-state index in [1.165, 1.54) is 0 Å². The van der Waals surface area contributed by atoms with Crippen LogP contribution < -0.4 is 5.32 Å². The molecule has 1 heterocycles. The number of nitrogens with zero attached hydrogens (tertiary/aromatic N) is 2. The normalized spacial score (nSPS) is 12.5. The second kappa shape index (κ2) is 6.39. The average Bonchev–Trinajstić information content (AvgIpc) is 2.55. The van der Waals surface area contributed by atoms with Gasteiger partial charge < -0.3 is 10.4 Å². The van der Waals surface area contributed by atoms with E-state index in [-0.39, 0.29) is 19.1 Å². The molecule has 0 aliphatic heterocycles. The molecule has 1 aromatic rings. The highest BCUT2D eigenvalue weighted by atomic mass is 16.3. The second-order valence-corrected chi connectivity index (χ2v) is 4.51. The maximum atomic E-state index is 11.6. The number of carbonyl (C=O) groups excluding carboxylic acids is 1. The predicted molar refractivity (Wildman–Crippen MR) is 65.6 cm³/mol. The Morgan fingerprint density at radius 3 is 2.82 bits per heavy atom. The molecule has 0 radical (unpaired) electrons. The van der Waals surface area contributed by atoms with Crippen molar-refractivity contribution in [3.8, 4) is 0 Å². The number of aromatic nitrogens is 2. The fourth-order valence-corrected chi connectivity index (χ4v) is 1.64. The van der Waals surface area contributed by atoms with E-state index in [9.17, 15) is 4.79 Å². The summed E-state index contributed by atoms with van der Waals surface area (Å²) in [5.41, 5.74) is 1.91. The van der Waals surface area contributed by atoms with Gasteiger partial charge in [0.25, 0.3) is 0 Å². The fourth-order valence-electron chi connectivity index (χ4n) is 1.64. The van der Waals surface area contributed by atoms with Crippen molar-refractivity contribution < 1.29 is 9.90 Å². The maximum Gasteiger partial charge on any atom is 0.241 e. The summed E-state index contributed by atoms with van der Waals surface area (Å²) in [5, 5.41) is 15.8. The average molecular weight is 239 g/mol. The summed E-state index contributed by atoms with van der Waals surface area (Å²) >= 11 is 0. The van der Waals surface area contributed by atoms with Gasteiger partial charge in [0.2, 0.25) is 5.91 Å². The molecule has 0 saturated carbocycles. The summed E-state index contributed by atoms with van der Waals surface area (Å²) in [4.78, 5) is 11.6. The van der Waals surface area contributed by atoms with E-state index in [2.05, 4.69) is 10.4 Å². The molecule has 5 nitrogen and oxygen atoms in total. The summed E-state index contributed by atoms with van der Waals surface area (Å²) in [6.45, 7) is 6.85. The van der Waals surface area contributed by atoms with E-state index in [1.54, 1.807) is 4.68 Å². The number of hydrogen-bond donors (Lipinski definition) is 2. The Bertz CT molecular complexity index is 374. The molecule has 1 aromatic heterocycles. The van der Waals surface area contributed by atoms with Gasteiger partial charge in [0.05, 0.1) is 5.69 Å². The number of rotatable bonds is 6. The Labute approximate surface area is 102 Å². The molecule has 1 amide bonds. The van der Waals surface area contributed by atoms with Crippen LogP contribution in [0.1, 0.15) is 24.7 Å². The van der Waals surface area contributed by atoms with Crippen molar-refractivity contribution in [1.82, 2.24) is 15.1 Å². The standard InChI is InChI=1S/C12H21N3O2/c1-9(4-5-16)7-13-12(17)8-15-11(3)6-10(2)14-15/h6,9,16H,4-5,7-8H2,1-3H3,(H,13,17). The number of hydrogen-bond acceptors (Lipinski definition) is 3. The van der Waals surface area contributed by atoms with Crippen molar-refractivity contribution >= 4 is 5.91 Å². The minimum atomic E-state index is -0.0408. The second-order valence-electron chi connectivity index (χ2n) is 4.51. The first kappa shape index (κ1) is 13.7. The summed E-state index contributed by atoms with van der Waals surface area (Å²) in [5.74, 6) is 0.255. The van der Waals surface area contributed by atoms with Gasteiger partial charge >= 0.3 is 0 Å². The first-order valence-corrected chi connectivity index (χ1v) is 5.91. The lowest BCUT2D eigenvalue weighted by Gasteiger charge is -2.11.